The van der Waals surface area contributed by atoms with Crippen LogP contribution < -0.4 is 21.8 Å². The quantitative estimate of drug-likeness (QED) is 0.0553. The molecule has 2 saturated heterocycles. The summed E-state index contributed by atoms with van der Waals surface area (Å²) in [6, 6.07) is 6.33. The lowest BCUT2D eigenvalue weighted by atomic mass is 9.99. The number of aromatic amines is 1. The van der Waals surface area contributed by atoms with Gasteiger partial charge in [0, 0.05) is 19.3 Å². The van der Waals surface area contributed by atoms with Crippen molar-refractivity contribution in [3.05, 3.63) is 59.2 Å². The Morgan fingerprint density at radius 1 is 1.00 bits per heavy atom. The van der Waals surface area contributed by atoms with Crippen LogP contribution in [0.4, 0.5) is 25.3 Å². The topological polar surface area (TPSA) is 304 Å². The molecular formula is C35H44F2N10O13P2S. The summed E-state index contributed by atoms with van der Waals surface area (Å²) in [6.07, 6.45) is -9.48. The molecule has 0 saturated carbocycles. The molecule has 0 spiro atoms. The molecule has 0 radical (unpaired) electrons. The van der Waals surface area contributed by atoms with Gasteiger partial charge in [0.05, 0.1) is 38.6 Å². The van der Waals surface area contributed by atoms with Gasteiger partial charge in [-0.05, 0) is 23.1 Å². The number of hydrogen-bond acceptors (Lipinski definition) is 20. The minimum atomic E-state index is -5.23. The highest BCUT2D eigenvalue weighted by atomic mass is 32.7. The van der Waals surface area contributed by atoms with Gasteiger partial charge < -0.3 is 44.6 Å². The van der Waals surface area contributed by atoms with Gasteiger partial charge in [-0.2, -0.15) is 4.98 Å². The molecule has 342 valence electrons. The number of rotatable bonds is 17. The van der Waals surface area contributed by atoms with E-state index in [0.29, 0.717) is 5.56 Å². The molecule has 2 unspecified atom stereocenters. The fourth-order valence-electron chi connectivity index (χ4n) is 6.45. The van der Waals surface area contributed by atoms with E-state index in [1.54, 1.807) is 12.1 Å². The zero-order valence-corrected chi connectivity index (χ0v) is 36.6. The number of nitrogens with zero attached hydrogens (tertiary/aromatic N) is 7. The maximum atomic E-state index is 16.5. The van der Waals surface area contributed by atoms with E-state index in [1.807, 2.05) is 20.8 Å². The average Bonchev–Trinajstić information content (AvgIpc) is 4.00. The van der Waals surface area contributed by atoms with E-state index in [-0.39, 0.29) is 64.0 Å². The van der Waals surface area contributed by atoms with Gasteiger partial charge in [0.15, 0.2) is 41.3 Å². The minimum Gasteiger partial charge on any atom is -0.433 e. The van der Waals surface area contributed by atoms with Crippen molar-refractivity contribution in [3.8, 4) is 5.75 Å². The number of methoxy groups -OCH3 is 1. The van der Waals surface area contributed by atoms with Gasteiger partial charge in [0.1, 0.15) is 42.3 Å². The molecule has 0 aliphatic carbocycles. The van der Waals surface area contributed by atoms with Crippen LogP contribution in [0.2, 0.25) is 0 Å². The minimum absolute atomic E-state index is 0.0700. The lowest BCUT2D eigenvalue weighted by Gasteiger charge is -2.24. The van der Waals surface area contributed by atoms with Gasteiger partial charge in [-0.1, -0.05) is 44.3 Å². The Morgan fingerprint density at radius 2 is 1.71 bits per heavy atom. The number of imidazole rings is 2. The summed E-state index contributed by atoms with van der Waals surface area (Å²) in [5.41, 5.74) is 11.3. The van der Waals surface area contributed by atoms with Gasteiger partial charge in [-0.15, -0.1) is 0 Å². The van der Waals surface area contributed by atoms with Gasteiger partial charge in [0.25, 0.3) is 12.1 Å². The number of hydrogen-bond donors (Lipinski definition) is 4. The van der Waals surface area contributed by atoms with Crippen LogP contribution in [0, 0.1) is 5.41 Å². The normalized spacial score (nSPS) is 24.7. The summed E-state index contributed by atoms with van der Waals surface area (Å²) >= 11 is 0.880. The van der Waals surface area contributed by atoms with Crippen molar-refractivity contribution in [1.82, 2.24) is 39.0 Å². The number of H-pyrrole nitrogens is 1. The third-order valence-electron chi connectivity index (χ3n) is 9.36. The Kier molecular flexibility index (Phi) is 13.9. The van der Waals surface area contributed by atoms with Crippen molar-refractivity contribution >= 4 is 66.0 Å². The molecule has 6 N–H and O–H groups in total. The second-order valence-corrected chi connectivity index (χ2v) is 21.7. The first-order valence-corrected chi connectivity index (χ1v) is 23.9. The van der Waals surface area contributed by atoms with Crippen molar-refractivity contribution < 1.29 is 64.9 Å². The second-order valence-electron chi connectivity index (χ2n) is 15.5. The molecule has 0 bridgehead atoms. The second kappa shape index (κ2) is 18.8. The lowest BCUT2D eigenvalue weighted by molar-refractivity contribution is -0.0535. The summed E-state index contributed by atoms with van der Waals surface area (Å²) in [6.45, 7) is 0.749. The van der Waals surface area contributed by atoms with E-state index < -0.39 is 88.8 Å². The highest BCUT2D eigenvalue weighted by Gasteiger charge is 2.52. The highest BCUT2D eigenvalue weighted by molar-refractivity contribution is 8.56. The van der Waals surface area contributed by atoms with Crippen LogP contribution in [0.5, 0.6) is 5.75 Å². The molecule has 2 aliphatic heterocycles. The number of nitrogens with two attached hydrogens (primary N) is 2. The number of phosphoric acid groups is 1. The van der Waals surface area contributed by atoms with Gasteiger partial charge in [-0.25, -0.2) is 38.1 Å². The van der Waals surface area contributed by atoms with Crippen molar-refractivity contribution in [2.45, 2.75) is 76.1 Å². The highest BCUT2D eigenvalue weighted by Crippen LogP contribution is 2.61. The van der Waals surface area contributed by atoms with Crippen molar-refractivity contribution in [2.24, 2.45) is 5.41 Å². The zero-order chi connectivity index (χ0) is 45.3. The van der Waals surface area contributed by atoms with Crippen molar-refractivity contribution in [3.63, 3.8) is 0 Å². The maximum absolute atomic E-state index is 16.5. The van der Waals surface area contributed by atoms with Crippen LogP contribution in [0.25, 0.3) is 22.3 Å². The first-order chi connectivity index (χ1) is 29.8. The largest absolute Gasteiger partial charge is 0.513 e. The van der Waals surface area contributed by atoms with Crippen LogP contribution in [0.1, 0.15) is 45.2 Å². The number of ether oxygens (including phenoxy) is 5. The van der Waals surface area contributed by atoms with E-state index in [2.05, 4.69) is 29.9 Å². The lowest BCUT2D eigenvalue weighted by Crippen LogP contribution is -2.32. The van der Waals surface area contributed by atoms with E-state index >= 15 is 8.78 Å². The van der Waals surface area contributed by atoms with E-state index in [9.17, 15) is 23.6 Å². The standard InChI is InChI=1S/C35H44F2N10O13P2S/c1-35(2,3)13-54-34(49)58-19-7-5-18(6-8-19)12-63-61(50,17-53-4)55-11-22-23(37)26(32(59-22)47-16-43-25-29(47)44-33(39)45-30(25)48)60-62(51,52)56-10-20-9-21(36)31(57-20)46-15-42-24-27(38)40-14-41-28(24)46/h5-8,14-16,20-23,26,31-32H,9-13,17H2,1-4H3,(H,51,52)(H2,38,40,41)(H3,39,44,45,48)/t20-,21+,22+,23+,26+,31+,32+,61?/m0/s1. The molecule has 2 fully saturated rings. The van der Waals surface area contributed by atoms with Gasteiger partial charge >= 0.3 is 14.0 Å². The molecule has 9 atom stereocenters. The Hall–Kier alpha value is -4.62. The smallest absolute Gasteiger partial charge is 0.433 e. The third-order valence-corrected chi connectivity index (χ3v) is 14.5. The number of alkyl halides is 2. The molecular weight excluding hydrogens is 900 g/mol. The maximum Gasteiger partial charge on any atom is 0.513 e. The first-order valence-electron chi connectivity index (χ1n) is 19.0. The van der Waals surface area contributed by atoms with Crippen LogP contribution in [0.3, 0.4) is 0 Å². The molecule has 7 rings (SSSR count). The monoisotopic (exact) mass is 944 g/mol. The Labute approximate surface area is 360 Å². The molecule has 28 heteroatoms. The fourth-order valence-corrected chi connectivity index (χ4v) is 10.8. The molecule has 23 nitrogen and oxygen atoms in total. The first kappa shape index (κ1) is 46.4. The summed E-state index contributed by atoms with van der Waals surface area (Å²) < 4.78 is 105. The number of anilines is 2. The van der Waals surface area contributed by atoms with Crippen LogP contribution >= 0.6 is 25.8 Å². The molecule has 6 heterocycles. The molecule has 4 aromatic heterocycles. The molecule has 63 heavy (non-hydrogen) atoms. The number of phosphoric ester groups is 1. The Morgan fingerprint density at radius 3 is 2.43 bits per heavy atom. The number of carbonyl (C=O) groups is 1. The summed E-state index contributed by atoms with van der Waals surface area (Å²) in [5.74, 6) is 0.0923. The van der Waals surface area contributed by atoms with E-state index in [0.717, 1.165) is 22.3 Å². The van der Waals surface area contributed by atoms with Crippen molar-refractivity contribution in [2.75, 3.05) is 44.7 Å². The molecule has 2 aliphatic rings. The Balaban J connectivity index is 1.02. The average molecular weight is 945 g/mol. The van der Waals surface area contributed by atoms with Crippen LogP contribution in [-0.2, 0) is 47.4 Å². The molecule has 0 amide bonds. The summed E-state index contributed by atoms with van der Waals surface area (Å²) in [5, 5.41) is 0. The number of nitrogen functional groups attached to an aromatic ring is 2. The summed E-state index contributed by atoms with van der Waals surface area (Å²) in [4.78, 5) is 58.0. The number of halogens is 2. The van der Waals surface area contributed by atoms with Gasteiger partial charge in [-0.3, -0.25) is 32.5 Å². The van der Waals surface area contributed by atoms with E-state index in [4.69, 9.17) is 48.7 Å². The molecule has 5 aromatic rings. The van der Waals surface area contributed by atoms with Crippen LogP contribution in [-0.4, -0.2) is 114 Å². The number of carbonyl (C=O) groups excluding carboxylic acids is 1. The predicted octanol–water partition coefficient (Wildman–Crippen LogP) is 4.80. The Bertz CT molecular complexity index is 2580. The zero-order valence-electron chi connectivity index (χ0n) is 34.0. The van der Waals surface area contributed by atoms with Crippen molar-refractivity contribution in [1.29, 1.82) is 0 Å². The van der Waals surface area contributed by atoms with Crippen LogP contribution in [0.15, 0.2) is 48.0 Å². The number of benzene rings is 1. The van der Waals surface area contributed by atoms with Gasteiger partial charge in [0.2, 0.25) is 5.95 Å². The fraction of sp³-hybridized carbons (Fsp3) is 0.514. The molecule has 1 aromatic carbocycles. The SMILES string of the molecule is COCP(=O)(OC[C@H]1O[C@@H](n2cnc3c(=O)[nH]c(N)nc32)[C@H](OP(=O)(O)OC[C@@H]2C[C@@H](F)[C@H](n3cnc4c(N)ncnc43)O2)[C@@H]1F)SCc1ccc(OC(=O)OCC(C)(C)C)cc1. The summed E-state index contributed by atoms with van der Waals surface area (Å²) in [7, 11) is -3.93. The number of nitrogens with one attached hydrogen (secondary N) is 1. The number of fused-ring (bicyclic) bond motifs is 2. The third kappa shape index (κ3) is 11.0. The number of aromatic nitrogens is 8. The predicted molar refractivity (Wildman–Crippen MR) is 220 cm³/mol. The van der Waals surface area contributed by atoms with E-state index in [1.165, 1.54) is 36.5 Å².